The number of thiazole rings is 1. The van der Waals surface area contributed by atoms with Crippen LogP contribution in [-0.2, 0) is 32.3 Å². The molecule has 20 heteroatoms. The fourth-order valence-corrected chi connectivity index (χ4v) is 11.4. The second kappa shape index (κ2) is 23.8. The Bertz CT molecular complexity index is 3040. The number of β-amino-alcohol motifs (C(OH)–C–C–N with tert-alkyl or cyclic N) is 1. The monoisotopic (exact) mass is 1070 g/mol. The number of aliphatic hydroxyl groups excluding tert-OH is 1. The second-order valence-corrected chi connectivity index (χ2v) is 22.1. The summed E-state index contributed by atoms with van der Waals surface area (Å²) < 4.78 is 21.3. The number of hydrogen-bond acceptors (Lipinski definition) is 11. The Morgan fingerprint density at radius 3 is 2.39 bits per heavy atom. The molecule has 0 spiro atoms. The summed E-state index contributed by atoms with van der Waals surface area (Å²) in [6.07, 6.45) is 5.11. The van der Waals surface area contributed by atoms with Crippen molar-refractivity contribution in [2.45, 2.75) is 123 Å². The summed E-state index contributed by atoms with van der Waals surface area (Å²) in [5.41, 5.74) is 5.26. The van der Waals surface area contributed by atoms with Gasteiger partial charge in [0, 0.05) is 48.4 Å². The van der Waals surface area contributed by atoms with Crippen LogP contribution in [0.2, 0.25) is 5.02 Å². The molecule has 2 aliphatic heterocycles. The molecular formula is C54H61ClFN9O7S2. The molecule has 6 amide bonds. The van der Waals surface area contributed by atoms with Gasteiger partial charge in [-0.05, 0) is 78.2 Å². The van der Waals surface area contributed by atoms with E-state index in [9.17, 15) is 38.3 Å². The van der Waals surface area contributed by atoms with Crippen molar-refractivity contribution in [2.75, 3.05) is 18.4 Å². The molecule has 16 nitrogen and oxygen atoms in total. The maximum Gasteiger partial charge on any atom is 0.276 e. The summed E-state index contributed by atoms with van der Waals surface area (Å²) in [5.74, 6) is -2.98. The van der Waals surface area contributed by atoms with Crippen molar-refractivity contribution in [3.05, 3.63) is 123 Å². The van der Waals surface area contributed by atoms with Crippen molar-refractivity contribution in [1.29, 1.82) is 0 Å². The average molecular weight is 1070 g/mol. The molecule has 3 aromatic carbocycles. The van der Waals surface area contributed by atoms with Crippen molar-refractivity contribution < 1.29 is 38.3 Å². The van der Waals surface area contributed by atoms with Crippen LogP contribution < -0.4 is 26.6 Å². The minimum absolute atomic E-state index is 0.00579. The summed E-state index contributed by atoms with van der Waals surface area (Å²) in [4.78, 5) is 88.3. The Labute approximate surface area is 442 Å². The Morgan fingerprint density at radius 2 is 1.66 bits per heavy atom. The lowest BCUT2D eigenvalue weighted by molar-refractivity contribution is -0.144. The fourth-order valence-electron chi connectivity index (χ4n) is 9.54. The molecule has 4 atom stereocenters. The molecule has 0 unspecified atom stereocenters. The van der Waals surface area contributed by atoms with Crippen LogP contribution in [0.15, 0.2) is 78.3 Å². The second-order valence-electron chi connectivity index (χ2n) is 20.0. The van der Waals surface area contributed by atoms with Gasteiger partial charge in [-0.2, -0.15) is 4.37 Å². The topological polar surface area (TPSA) is 217 Å². The first-order valence-corrected chi connectivity index (χ1v) is 27.0. The van der Waals surface area contributed by atoms with Crippen LogP contribution in [0.25, 0.3) is 20.5 Å². The SMILES string of the molecule is Cc1ncsc1-c1ccc(CNC(=O)[C@@H]2C[C@@H](O)CN2C(=O)[C@@H](NC(=O)CCCCCCCCCNC(=O)c2cc(NC(=O)c3nsc4ccccc34)c3n2CC(=O)N[C@@H]3c2cc(F)ccc2Cl)C(C)(C)C)cc1. The van der Waals surface area contributed by atoms with Crippen molar-refractivity contribution in [1.82, 2.24) is 40.1 Å². The van der Waals surface area contributed by atoms with E-state index in [0.717, 1.165) is 58.5 Å². The van der Waals surface area contributed by atoms with Crippen LogP contribution in [0, 0.1) is 18.2 Å². The van der Waals surface area contributed by atoms with E-state index in [2.05, 4.69) is 35.9 Å². The molecule has 6 N–H and O–H groups in total. The van der Waals surface area contributed by atoms with Crippen LogP contribution >= 0.6 is 34.5 Å². The third-order valence-electron chi connectivity index (χ3n) is 13.4. The van der Waals surface area contributed by atoms with Crippen molar-refractivity contribution in [3.8, 4) is 10.4 Å². The first-order valence-electron chi connectivity index (χ1n) is 24.9. The maximum atomic E-state index is 14.6. The van der Waals surface area contributed by atoms with Gasteiger partial charge in [-0.25, -0.2) is 9.37 Å². The van der Waals surface area contributed by atoms with E-state index in [-0.39, 0.29) is 72.0 Å². The van der Waals surface area contributed by atoms with Crippen LogP contribution in [0.4, 0.5) is 10.1 Å². The summed E-state index contributed by atoms with van der Waals surface area (Å²) in [7, 11) is 0. The molecule has 74 heavy (non-hydrogen) atoms. The number of aryl methyl sites for hydroxylation is 1. The number of rotatable bonds is 20. The molecule has 1 saturated heterocycles. The molecule has 0 saturated carbocycles. The van der Waals surface area contributed by atoms with Gasteiger partial charge in [0.1, 0.15) is 35.8 Å². The maximum absolute atomic E-state index is 14.6. The van der Waals surface area contributed by atoms with Crippen LogP contribution in [-0.4, -0.2) is 90.7 Å². The quantitative estimate of drug-likeness (QED) is 0.0404. The Kier molecular flexibility index (Phi) is 17.3. The minimum Gasteiger partial charge on any atom is -0.391 e. The largest absolute Gasteiger partial charge is 0.391 e. The van der Waals surface area contributed by atoms with E-state index < -0.39 is 59.1 Å². The number of nitrogens with one attached hydrogen (secondary N) is 5. The molecule has 3 aromatic heterocycles. The van der Waals surface area contributed by atoms with Crippen LogP contribution in [0.5, 0.6) is 0 Å². The fraction of sp³-hybridized carbons (Fsp3) is 0.407. The Balaban J connectivity index is 0.781. The number of benzene rings is 3. The number of likely N-dealkylation sites (tertiary alicyclic amines) is 1. The highest BCUT2D eigenvalue weighted by Crippen LogP contribution is 2.38. The van der Waals surface area contributed by atoms with E-state index >= 15 is 0 Å². The summed E-state index contributed by atoms with van der Waals surface area (Å²) in [6.45, 7) is 7.93. The predicted octanol–water partition coefficient (Wildman–Crippen LogP) is 8.45. The lowest BCUT2D eigenvalue weighted by Gasteiger charge is -2.35. The number of nitrogens with zero attached hydrogens (tertiary/aromatic N) is 4. The zero-order valence-electron chi connectivity index (χ0n) is 41.8. The number of hydrogen-bond donors (Lipinski definition) is 6. The van der Waals surface area contributed by atoms with Gasteiger partial charge >= 0.3 is 0 Å². The van der Waals surface area contributed by atoms with Crippen LogP contribution in [0.3, 0.4) is 0 Å². The van der Waals surface area contributed by atoms with Gasteiger partial charge in [0.2, 0.25) is 23.6 Å². The highest BCUT2D eigenvalue weighted by atomic mass is 35.5. The third-order valence-corrected chi connectivity index (χ3v) is 15.6. The van der Waals surface area contributed by atoms with Gasteiger partial charge in [-0.3, -0.25) is 28.8 Å². The molecule has 2 aliphatic rings. The number of halogens is 2. The van der Waals surface area contributed by atoms with Crippen molar-refractivity contribution in [2.24, 2.45) is 5.41 Å². The molecule has 6 aromatic rings. The van der Waals surface area contributed by atoms with Gasteiger partial charge in [-0.15, -0.1) is 11.3 Å². The lowest BCUT2D eigenvalue weighted by Crippen LogP contribution is -2.57. The van der Waals surface area contributed by atoms with Gasteiger partial charge in [0.15, 0.2) is 0 Å². The van der Waals surface area contributed by atoms with Gasteiger partial charge in [0.25, 0.3) is 11.8 Å². The molecular weight excluding hydrogens is 1010 g/mol. The number of unbranched alkanes of at least 4 members (excludes halogenated alkanes) is 6. The van der Waals surface area contributed by atoms with Gasteiger partial charge in [0.05, 0.1) is 44.3 Å². The number of amides is 6. The lowest BCUT2D eigenvalue weighted by atomic mass is 9.85. The average Bonchev–Trinajstić information content (AvgIpc) is 4.18. The molecule has 8 rings (SSSR count). The zero-order chi connectivity index (χ0) is 52.7. The Hall–Kier alpha value is -6.54. The number of carbonyl (C=O) groups is 6. The highest BCUT2D eigenvalue weighted by Gasteiger charge is 2.44. The van der Waals surface area contributed by atoms with E-state index in [1.54, 1.807) is 17.4 Å². The third kappa shape index (κ3) is 12.7. The van der Waals surface area contributed by atoms with Crippen molar-refractivity contribution in [3.63, 3.8) is 0 Å². The molecule has 0 bridgehead atoms. The molecule has 390 valence electrons. The highest BCUT2D eigenvalue weighted by molar-refractivity contribution is 7.13. The Morgan fingerprint density at radius 1 is 0.932 bits per heavy atom. The molecule has 5 heterocycles. The summed E-state index contributed by atoms with van der Waals surface area (Å²) >= 11 is 9.29. The predicted molar refractivity (Wildman–Crippen MR) is 284 cm³/mol. The van der Waals surface area contributed by atoms with Crippen LogP contribution in [0.1, 0.15) is 128 Å². The van der Waals surface area contributed by atoms with E-state index in [1.807, 2.05) is 75.7 Å². The molecule has 0 aliphatic carbocycles. The number of fused-ring (bicyclic) bond motifs is 2. The van der Waals surface area contributed by atoms with E-state index in [1.165, 1.54) is 45.3 Å². The van der Waals surface area contributed by atoms with E-state index in [4.69, 9.17) is 11.6 Å². The van der Waals surface area contributed by atoms with Crippen molar-refractivity contribution >= 4 is 85.7 Å². The standard InChI is InChI=1S/C54H61ClFN9O7S2/c1-31-48(73-30-59-31)33-19-17-32(18-20-33)27-58-51(70)40-25-35(66)28-65(40)53(72)49(54(2,3)4)62-43(67)16-10-8-6-5-7-9-13-23-57-50(69)41-26-39(60-52(71)46-36-14-11-12-15-42(36)74-63-46)47-45(61-44(68)29-64(41)47)37-24-34(56)21-22-38(37)55/h11-12,14-15,17-22,24,26,30,35,40,45,49,66H,5-10,13,16,23,25,27-29H2,1-4H3,(H,57,69)(H,58,70)(H,60,71)(H,61,68)(H,62,67)/t35-,40+,45-,49-/m1/s1. The number of anilines is 1. The summed E-state index contributed by atoms with van der Waals surface area (Å²) in [6, 6.07) is 17.8. The zero-order valence-corrected chi connectivity index (χ0v) is 44.2. The van der Waals surface area contributed by atoms with Gasteiger partial charge < -0.3 is 41.2 Å². The number of aromatic nitrogens is 3. The normalized spacial score (nSPS) is 16.9. The minimum atomic E-state index is -0.978. The first kappa shape index (κ1) is 53.7. The van der Waals surface area contributed by atoms with E-state index in [0.29, 0.717) is 30.5 Å². The number of aliphatic hydroxyl groups is 1. The van der Waals surface area contributed by atoms with Gasteiger partial charge in [-0.1, -0.05) is 107 Å². The first-order chi connectivity index (χ1) is 35.5. The molecule has 0 radical (unpaired) electrons. The molecule has 1 fully saturated rings. The number of carbonyl (C=O) groups excluding carboxylic acids is 6. The smallest absolute Gasteiger partial charge is 0.276 e. The summed E-state index contributed by atoms with van der Waals surface area (Å²) in [5, 5.41) is 26.1.